The Morgan fingerprint density at radius 1 is 1.19 bits per heavy atom. The zero-order chi connectivity index (χ0) is 20.2. The highest BCUT2D eigenvalue weighted by Gasteiger charge is 2.31. The van der Waals surface area contributed by atoms with Gasteiger partial charge in [-0.3, -0.25) is 9.59 Å². The number of hydrogen-bond acceptors (Lipinski definition) is 4. The SMILES string of the molecule is C[C@@H](C(=O)Nc1ccccc1C(N)=O)C1CCN(C(=O)OC(C)(C)C)CC1. The molecule has 1 saturated heterocycles. The van der Waals surface area contributed by atoms with Crippen LogP contribution in [0, 0.1) is 11.8 Å². The van der Waals surface area contributed by atoms with Gasteiger partial charge in [-0.05, 0) is 51.7 Å². The Kier molecular flexibility index (Phi) is 6.46. The Balaban J connectivity index is 1.92. The zero-order valence-electron chi connectivity index (χ0n) is 16.5. The van der Waals surface area contributed by atoms with E-state index in [1.54, 1.807) is 29.2 Å². The molecule has 3 N–H and O–H groups in total. The van der Waals surface area contributed by atoms with Gasteiger partial charge in [0.2, 0.25) is 5.91 Å². The largest absolute Gasteiger partial charge is 0.444 e. The number of likely N-dealkylation sites (tertiary alicyclic amines) is 1. The number of rotatable bonds is 4. The van der Waals surface area contributed by atoms with Crippen LogP contribution >= 0.6 is 0 Å². The summed E-state index contributed by atoms with van der Waals surface area (Å²) in [5.74, 6) is -0.820. The number of benzene rings is 1. The van der Waals surface area contributed by atoms with Gasteiger partial charge in [0.25, 0.3) is 5.91 Å². The third-order valence-corrected chi connectivity index (χ3v) is 4.76. The number of ether oxygens (including phenoxy) is 1. The number of hydrogen-bond donors (Lipinski definition) is 2. The first-order valence-electron chi connectivity index (χ1n) is 9.26. The highest BCUT2D eigenvalue weighted by molar-refractivity contribution is 6.03. The molecular weight excluding hydrogens is 346 g/mol. The number of nitrogens with two attached hydrogens (primary N) is 1. The van der Waals surface area contributed by atoms with Crippen LogP contribution in [0.1, 0.15) is 50.9 Å². The minimum atomic E-state index is -0.579. The first-order chi connectivity index (χ1) is 12.6. The van der Waals surface area contributed by atoms with Crippen LogP contribution in [0.5, 0.6) is 0 Å². The average molecular weight is 375 g/mol. The van der Waals surface area contributed by atoms with Crippen molar-refractivity contribution in [2.75, 3.05) is 18.4 Å². The second kappa shape index (κ2) is 8.41. The number of nitrogens with one attached hydrogen (secondary N) is 1. The van der Waals surface area contributed by atoms with Crippen LogP contribution in [0.15, 0.2) is 24.3 Å². The van der Waals surface area contributed by atoms with Crippen molar-refractivity contribution < 1.29 is 19.1 Å². The van der Waals surface area contributed by atoms with Crippen molar-refractivity contribution in [3.8, 4) is 0 Å². The van der Waals surface area contributed by atoms with Crippen LogP contribution in [0.25, 0.3) is 0 Å². The number of primary amides is 1. The molecule has 1 aromatic rings. The number of para-hydroxylation sites is 1. The number of amides is 3. The Morgan fingerprint density at radius 2 is 1.78 bits per heavy atom. The van der Waals surface area contributed by atoms with Gasteiger partial charge in [-0.15, -0.1) is 0 Å². The van der Waals surface area contributed by atoms with Crippen molar-refractivity contribution in [1.29, 1.82) is 0 Å². The standard InChI is InChI=1S/C20H29N3O4/c1-13(18(25)22-16-8-6-5-7-15(16)17(21)24)14-9-11-23(12-10-14)19(26)27-20(2,3)4/h5-8,13-14H,9-12H2,1-4H3,(H2,21,24)(H,22,25)/t13-/m1/s1. The normalized spacial score (nSPS) is 16.5. The lowest BCUT2D eigenvalue weighted by molar-refractivity contribution is -0.121. The van der Waals surface area contributed by atoms with Crippen LogP contribution in [-0.4, -0.2) is 41.5 Å². The summed E-state index contributed by atoms with van der Waals surface area (Å²) in [6.07, 6.45) is 1.14. The van der Waals surface area contributed by atoms with E-state index in [9.17, 15) is 14.4 Å². The number of anilines is 1. The third-order valence-electron chi connectivity index (χ3n) is 4.76. The predicted molar refractivity (Wildman–Crippen MR) is 103 cm³/mol. The van der Waals surface area contributed by atoms with Gasteiger partial charge >= 0.3 is 6.09 Å². The van der Waals surface area contributed by atoms with Gasteiger partial charge in [-0.1, -0.05) is 19.1 Å². The molecule has 0 saturated carbocycles. The Hall–Kier alpha value is -2.57. The van der Waals surface area contributed by atoms with E-state index in [-0.39, 0.29) is 29.4 Å². The molecule has 0 radical (unpaired) electrons. The fourth-order valence-corrected chi connectivity index (χ4v) is 3.18. The van der Waals surface area contributed by atoms with E-state index in [0.717, 1.165) is 12.8 Å². The van der Waals surface area contributed by atoms with Gasteiger partial charge < -0.3 is 20.7 Å². The molecule has 0 aliphatic carbocycles. The smallest absolute Gasteiger partial charge is 0.410 e. The van der Waals surface area contributed by atoms with Crippen molar-refractivity contribution in [2.24, 2.45) is 17.6 Å². The van der Waals surface area contributed by atoms with Gasteiger partial charge in [-0.25, -0.2) is 4.79 Å². The fourth-order valence-electron chi connectivity index (χ4n) is 3.18. The molecule has 3 amide bonds. The van der Waals surface area contributed by atoms with Crippen molar-refractivity contribution in [3.63, 3.8) is 0 Å². The van der Waals surface area contributed by atoms with Crippen LogP contribution < -0.4 is 11.1 Å². The Labute approximate surface area is 160 Å². The highest BCUT2D eigenvalue weighted by atomic mass is 16.6. The fraction of sp³-hybridized carbons (Fsp3) is 0.550. The molecule has 0 bridgehead atoms. The van der Waals surface area contributed by atoms with Gasteiger partial charge in [0.1, 0.15) is 5.60 Å². The number of carbonyl (C=O) groups is 3. The summed E-state index contributed by atoms with van der Waals surface area (Å²) in [7, 11) is 0. The molecule has 1 atom stereocenters. The summed E-state index contributed by atoms with van der Waals surface area (Å²) >= 11 is 0. The monoisotopic (exact) mass is 375 g/mol. The van der Waals surface area contributed by atoms with Crippen LogP contribution in [0.3, 0.4) is 0 Å². The summed E-state index contributed by atoms with van der Waals surface area (Å²) in [6, 6.07) is 6.69. The van der Waals surface area contributed by atoms with E-state index in [2.05, 4.69) is 5.32 Å². The number of piperidine rings is 1. The lowest BCUT2D eigenvalue weighted by atomic mass is 9.85. The maximum absolute atomic E-state index is 12.6. The first-order valence-corrected chi connectivity index (χ1v) is 9.26. The van der Waals surface area contributed by atoms with Gasteiger partial charge in [-0.2, -0.15) is 0 Å². The molecule has 0 unspecified atom stereocenters. The Bertz CT molecular complexity index is 703. The van der Waals surface area contributed by atoms with Crippen LogP contribution in [0.4, 0.5) is 10.5 Å². The second-order valence-electron chi connectivity index (χ2n) is 7.99. The maximum Gasteiger partial charge on any atom is 0.410 e. The van der Waals surface area contributed by atoms with E-state index in [1.807, 2.05) is 27.7 Å². The highest BCUT2D eigenvalue weighted by Crippen LogP contribution is 2.27. The molecule has 1 heterocycles. The van der Waals surface area contributed by atoms with E-state index >= 15 is 0 Å². The second-order valence-corrected chi connectivity index (χ2v) is 7.99. The summed E-state index contributed by atoms with van der Waals surface area (Å²) in [6.45, 7) is 8.52. The molecule has 1 fully saturated rings. The molecule has 2 rings (SSSR count). The lowest BCUT2D eigenvalue weighted by Crippen LogP contribution is -2.43. The first kappa shape index (κ1) is 20.7. The quantitative estimate of drug-likeness (QED) is 0.844. The van der Waals surface area contributed by atoms with Gasteiger partial charge in [0.15, 0.2) is 0 Å². The minimum absolute atomic E-state index is 0.153. The topological polar surface area (TPSA) is 102 Å². The van der Waals surface area contributed by atoms with E-state index in [0.29, 0.717) is 18.8 Å². The van der Waals surface area contributed by atoms with Crippen molar-refractivity contribution >= 4 is 23.6 Å². The number of carbonyl (C=O) groups excluding carboxylic acids is 3. The summed E-state index contributed by atoms with van der Waals surface area (Å²) < 4.78 is 5.40. The Morgan fingerprint density at radius 3 is 2.33 bits per heavy atom. The third kappa shape index (κ3) is 5.70. The summed E-state index contributed by atoms with van der Waals surface area (Å²) in [4.78, 5) is 38.0. The van der Waals surface area contributed by atoms with E-state index in [1.165, 1.54) is 0 Å². The molecule has 0 aromatic heterocycles. The van der Waals surface area contributed by atoms with E-state index in [4.69, 9.17) is 10.5 Å². The molecule has 0 spiro atoms. The molecule has 1 aliphatic rings. The molecule has 7 nitrogen and oxygen atoms in total. The van der Waals surface area contributed by atoms with Crippen LogP contribution in [0.2, 0.25) is 0 Å². The van der Waals surface area contributed by atoms with Crippen LogP contribution in [-0.2, 0) is 9.53 Å². The molecule has 148 valence electrons. The summed E-state index contributed by atoms with van der Waals surface area (Å²) in [5, 5.41) is 2.81. The average Bonchev–Trinajstić information content (AvgIpc) is 2.60. The number of nitrogens with zero attached hydrogens (tertiary/aromatic N) is 1. The van der Waals surface area contributed by atoms with E-state index < -0.39 is 11.5 Å². The zero-order valence-corrected chi connectivity index (χ0v) is 16.5. The van der Waals surface area contributed by atoms with Crippen molar-refractivity contribution in [3.05, 3.63) is 29.8 Å². The molecular formula is C20H29N3O4. The predicted octanol–water partition coefficient (Wildman–Crippen LogP) is 3.01. The van der Waals surface area contributed by atoms with Gasteiger partial charge in [0, 0.05) is 19.0 Å². The van der Waals surface area contributed by atoms with Crippen molar-refractivity contribution in [1.82, 2.24) is 4.90 Å². The molecule has 27 heavy (non-hydrogen) atoms. The van der Waals surface area contributed by atoms with Crippen molar-refractivity contribution in [2.45, 2.75) is 46.1 Å². The molecule has 7 heteroatoms. The summed E-state index contributed by atoms with van der Waals surface area (Å²) in [5.41, 5.74) is 5.55. The lowest BCUT2D eigenvalue weighted by Gasteiger charge is -2.35. The molecule has 1 aromatic carbocycles. The van der Waals surface area contributed by atoms with Gasteiger partial charge in [0.05, 0.1) is 11.3 Å². The minimum Gasteiger partial charge on any atom is -0.444 e. The molecule has 1 aliphatic heterocycles. The maximum atomic E-state index is 12.6.